The highest BCUT2D eigenvalue weighted by Crippen LogP contribution is 2.72. The molecule has 0 spiro atoms. The second-order valence-corrected chi connectivity index (χ2v) is 7.47. The molecule has 1 saturated carbocycles. The molecule has 1 N–H and O–H groups in total. The Morgan fingerprint density at radius 1 is 1.11 bits per heavy atom. The van der Waals surface area contributed by atoms with Gasteiger partial charge in [-0.15, -0.1) is 0 Å². The summed E-state index contributed by atoms with van der Waals surface area (Å²) in [6.07, 6.45) is -5.69. The lowest BCUT2D eigenvalue weighted by molar-refractivity contribution is -0.139. The molecule has 1 aliphatic carbocycles. The molecule has 0 bridgehead atoms. The van der Waals surface area contributed by atoms with E-state index in [1.165, 1.54) is 13.8 Å². The standard InChI is InChI=1S/C17H14ClF7O2/c1-6-9(19)11(21)7(12(22)10(6)20)4-16(5-8(18)17(23,24)25)13(14(26)27)15(16,2)3/h5,13H,4H2,1-3H3,(H,26,27)/t13-,16+/m0/s1. The van der Waals surface area contributed by atoms with Gasteiger partial charge >= 0.3 is 12.1 Å². The van der Waals surface area contributed by atoms with E-state index in [1.807, 2.05) is 0 Å². The average Bonchev–Trinajstić information content (AvgIpc) is 3.01. The van der Waals surface area contributed by atoms with E-state index in [0.717, 1.165) is 6.92 Å². The summed E-state index contributed by atoms with van der Waals surface area (Å²) in [5.74, 6) is -10.0. The monoisotopic (exact) mass is 418 g/mol. The maximum atomic E-state index is 14.2. The van der Waals surface area contributed by atoms with Gasteiger partial charge in [-0.3, -0.25) is 4.79 Å². The van der Waals surface area contributed by atoms with Crippen molar-refractivity contribution < 1.29 is 40.6 Å². The molecule has 0 aromatic heterocycles. The lowest BCUT2D eigenvalue weighted by Crippen LogP contribution is -2.19. The molecular formula is C17H14ClF7O2. The molecule has 2 rings (SSSR count). The van der Waals surface area contributed by atoms with Crippen molar-refractivity contribution in [2.24, 2.45) is 16.7 Å². The molecule has 2 atom stereocenters. The van der Waals surface area contributed by atoms with Crippen molar-refractivity contribution in [1.29, 1.82) is 0 Å². The molecule has 0 heterocycles. The Morgan fingerprint density at radius 3 is 1.89 bits per heavy atom. The van der Waals surface area contributed by atoms with Gasteiger partial charge in [-0.1, -0.05) is 31.5 Å². The second kappa shape index (κ2) is 6.39. The highest BCUT2D eigenvalue weighted by molar-refractivity contribution is 6.30. The first-order valence-corrected chi connectivity index (χ1v) is 7.97. The minimum atomic E-state index is -5.03. The van der Waals surface area contributed by atoms with Gasteiger partial charge in [-0.05, 0) is 18.8 Å². The lowest BCUT2D eigenvalue weighted by Gasteiger charge is -2.20. The maximum absolute atomic E-state index is 14.2. The van der Waals surface area contributed by atoms with Gasteiger partial charge in [-0.25, -0.2) is 17.6 Å². The third kappa shape index (κ3) is 3.19. The number of carboxylic acids is 1. The SMILES string of the molecule is Cc1c(F)c(F)c(C[C@@]2(C=C(Cl)C(F)(F)F)[C@@H](C(=O)O)C2(C)C)c(F)c1F. The highest BCUT2D eigenvalue weighted by Gasteiger charge is 2.73. The normalized spacial score (nSPS) is 24.9. The Morgan fingerprint density at radius 2 is 1.56 bits per heavy atom. The number of rotatable bonds is 4. The number of halogens is 8. The molecule has 0 amide bonds. The van der Waals surface area contributed by atoms with Crippen LogP contribution >= 0.6 is 11.6 Å². The number of benzene rings is 1. The van der Waals surface area contributed by atoms with Crippen LogP contribution in [0.15, 0.2) is 11.1 Å². The molecule has 0 unspecified atom stereocenters. The molecule has 1 aromatic carbocycles. The zero-order chi connectivity index (χ0) is 21.1. The Balaban J connectivity index is 2.69. The van der Waals surface area contributed by atoms with Crippen LogP contribution in [0.1, 0.15) is 25.0 Å². The minimum Gasteiger partial charge on any atom is -0.481 e. The summed E-state index contributed by atoms with van der Waals surface area (Å²) in [7, 11) is 0. The van der Waals surface area contributed by atoms with Crippen LogP contribution in [-0.4, -0.2) is 17.3 Å². The number of alkyl halides is 3. The third-order valence-corrected chi connectivity index (χ3v) is 5.62. The Kier molecular flexibility index (Phi) is 5.10. The van der Waals surface area contributed by atoms with Crippen molar-refractivity contribution in [3.63, 3.8) is 0 Å². The summed E-state index contributed by atoms with van der Waals surface area (Å²) in [5, 5.41) is 7.63. The van der Waals surface area contributed by atoms with Crippen molar-refractivity contribution in [3.05, 3.63) is 45.5 Å². The zero-order valence-corrected chi connectivity index (χ0v) is 15.0. The first kappa shape index (κ1) is 21.5. The molecule has 27 heavy (non-hydrogen) atoms. The van der Waals surface area contributed by atoms with E-state index < -0.39 is 74.7 Å². The quantitative estimate of drug-likeness (QED) is 0.517. The molecule has 10 heteroatoms. The fraction of sp³-hybridized carbons (Fsp3) is 0.471. The molecule has 1 aromatic rings. The van der Waals surface area contributed by atoms with Gasteiger partial charge in [0.1, 0.15) is 5.03 Å². The maximum Gasteiger partial charge on any atom is 0.426 e. The number of hydrogen-bond donors (Lipinski definition) is 1. The highest BCUT2D eigenvalue weighted by atomic mass is 35.5. The fourth-order valence-corrected chi connectivity index (χ4v) is 3.80. The van der Waals surface area contributed by atoms with Gasteiger partial charge in [0.05, 0.1) is 5.92 Å². The van der Waals surface area contributed by atoms with E-state index in [2.05, 4.69) is 0 Å². The lowest BCUT2D eigenvalue weighted by atomic mass is 9.86. The summed E-state index contributed by atoms with van der Waals surface area (Å²) in [6, 6.07) is 0. The van der Waals surface area contributed by atoms with E-state index in [4.69, 9.17) is 11.6 Å². The molecule has 0 radical (unpaired) electrons. The summed E-state index contributed by atoms with van der Waals surface area (Å²) < 4.78 is 94.6. The zero-order valence-electron chi connectivity index (χ0n) is 14.2. The van der Waals surface area contributed by atoms with Gasteiger partial charge in [0, 0.05) is 16.5 Å². The third-order valence-electron chi connectivity index (χ3n) is 5.30. The predicted molar refractivity (Wildman–Crippen MR) is 82.0 cm³/mol. The fourth-order valence-electron chi connectivity index (χ4n) is 3.61. The average molecular weight is 419 g/mol. The van der Waals surface area contributed by atoms with E-state index in [-0.39, 0.29) is 0 Å². The van der Waals surface area contributed by atoms with Crippen molar-refractivity contribution in [2.75, 3.05) is 0 Å². The van der Waals surface area contributed by atoms with Crippen LogP contribution in [0.4, 0.5) is 30.7 Å². The summed E-state index contributed by atoms with van der Waals surface area (Å²) >= 11 is 5.22. The molecule has 150 valence electrons. The van der Waals surface area contributed by atoms with E-state index >= 15 is 0 Å². The molecule has 0 aliphatic heterocycles. The summed E-state index contributed by atoms with van der Waals surface area (Å²) in [5.41, 5.74) is -5.52. The van der Waals surface area contributed by atoms with Gasteiger partial charge in [-0.2, -0.15) is 13.2 Å². The Hall–Kier alpha value is -1.77. The Labute approximate surface area is 154 Å². The van der Waals surface area contributed by atoms with Crippen LogP contribution in [0.25, 0.3) is 0 Å². The number of hydrogen-bond acceptors (Lipinski definition) is 1. The number of allylic oxidation sites excluding steroid dienone is 2. The van der Waals surface area contributed by atoms with Crippen LogP contribution in [-0.2, 0) is 11.2 Å². The van der Waals surface area contributed by atoms with E-state index in [1.54, 1.807) is 0 Å². The number of carboxylic acid groups (broad SMARTS) is 1. The van der Waals surface area contributed by atoms with Gasteiger partial charge in [0.2, 0.25) is 0 Å². The van der Waals surface area contributed by atoms with Crippen LogP contribution in [0, 0.1) is 46.9 Å². The topological polar surface area (TPSA) is 37.3 Å². The van der Waals surface area contributed by atoms with Crippen LogP contribution in [0.2, 0.25) is 0 Å². The molecule has 1 aliphatic rings. The minimum absolute atomic E-state index is 0.363. The second-order valence-electron chi connectivity index (χ2n) is 7.06. The number of carbonyl (C=O) groups is 1. The smallest absolute Gasteiger partial charge is 0.426 e. The van der Waals surface area contributed by atoms with Crippen molar-refractivity contribution in [3.8, 4) is 0 Å². The number of aliphatic carboxylic acids is 1. The van der Waals surface area contributed by atoms with Crippen LogP contribution in [0.3, 0.4) is 0 Å². The molecular weight excluding hydrogens is 405 g/mol. The Bertz CT molecular complexity index is 816. The summed E-state index contributed by atoms with van der Waals surface area (Å²) in [6.45, 7) is 3.32. The summed E-state index contributed by atoms with van der Waals surface area (Å²) in [4.78, 5) is 11.5. The van der Waals surface area contributed by atoms with Crippen LogP contribution in [0.5, 0.6) is 0 Å². The first-order chi connectivity index (χ1) is 12.1. The predicted octanol–water partition coefficient (Wildman–Crippen LogP) is 5.51. The van der Waals surface area contributed by atoms with Crippen molar-refractivity contribution >= 4 is 17.6 Å². The van der Waals surface area contributed by atoms with Gasteiger partial charge in [0.15, 0.2) is 23.3 Å². The largest absolute Gasteiger partial charge is 0.481 e. The molecule has 1 fully saturated rings. The first-order valence-electron chi connectivity index (χ1n) is 7.59. The van der Waals surface area contributed by atoms with Gasteiger partial charge < -0.3 is 5.11 Å². The van der Waals surface area contributed by atoms with E-state index in [9.17, 15) is 40.6 Å². The van der Waals surface area contributed by atoms with Gasteiger partial charge in [0.25, 0.3) is 0 Å². The van der Waals surface area contributed by atoms with Crippen molar-refractivity contribution in [1.82, 2.24) is 0 Å². The molecule has 2 nitrogen and oxygen atoms in total. The molecule has 0 saturated heterocycles. The van der Waals surface area contributed by atoms with E-state index in [0.29, 0.717) is 6.08 Å². The van der Waals surface area contributed by atoms with Crippen LogP contribution < -0.4 is 0 Å². The van der Waals surface area contributed by atoms with Crippen molar-refractivity contribution in [2.45, 2.75) is 33.4 Å².